The van der Waals surface area contributed by atoms with E-state index in [1.54, 1.807) is 13.8 Å². The number of para-hydroxylation sites is 2. The average molecular weight is 364 g/mol. The van der Waals surface area contributed by atoms with Gasteiger partial charge in [0.15, 0.2) is 0 Å². The second-order valence-electron chi connectivity index (χ2n) is 4.88. The number of urea groups is 1. The summed E-state index contributed by atoms with van der Waals surface area (Å²) in [5, 5.41) is 16.3. The number of ether oxygens (including phenoxy) is 1. The molecule has 0 radical (unpaired) electrons. The van der Waals surface area contributed by atoms with Crippen LogP contribution in [0.2, 0.25) is 0 Å². The quantitative estimate of drug-likeness (QED) is 0.714. The van der Waals surface area contributed by atoms with Gasteiger partial charge in [-0.15, -0.1) is 5.10 Å². The van der Waals surface area contributed by atoms with Crippen LogP contribution in [0.1, 0.15) is 20.8 Å². The van der Waals surface area contributed by atoms with Gasteiger partial charge in [-0.2, -0.15) is 4.68 Å². The van der Waals surface area contributed by atoms with E-state index in [0.717, 1.165) is 11.8 Å². The van der Waals surface area contributed by atoms with Crippen LogP contribution in [0.25, 0.3) is 5.69 Å². The van der Waals surface area contributed by atoms with Crippen LogP contribution in [0.4, 0.5) is 4.79 Å². The number of nitrogens with one attached hydrogen (secondary N) is 2. The zero-order chi connectivity index (χ0) is 18.2. The Morgan fingerprint density at radius 3 is 2.80 bits per heavy atom. The Morgan fingerprint density at radius 2 is 2.08 bits per heavy atom. The van der Waals surface area contributed by atoms with Crippen molar-refractivity contribution in [1.29, 1.82) is 0 Å². The first-order chi connectivity index (χ1) is 12.1. The lowest BCUT2D eigenvalue weighted by Crippen LogP contribution is -2.42. The number of amides is 3. The van der Waals surface area contributed by atoms with Crippen LogP contribution >= 0.6 is 11.8 Å². The number of carbonyl (C=O) groups is 2. The van der Waals surface area contributed by atoms with E-state index in [1.807, 2.05) is 31.2 Å². The fourth-order valence-electron chi connectivity index (χ4n) is 1.94. The molecular weight excluding hydrogens is 344 g/mol. The highest BCUT2D eigenvalue weighted by molar-refractivity contribution is 8.00. The Kier molecular flexibility index (Phi) is 6.75. The van der Waals surface area contributed by atoms with Gasteiger partial charge < -0.3 is 10.1 Å². The molecule has 9 nitrogen and oxygen atoms in total. The predicted octanol–water partition coefficient (Wildman–Crippen LogP) is 1.39. The van der Waals surface area contributed by atoms with Gasteiger partial charge in [0, 0.05) is 6.54 Å². The third-order valence-electron chi connectivity index (χ3n) is 3.06. The molecule has 1 atom stereocenters. The third kappa shape index (κ3) is 4.92. The Morgan fingerprint density at radius 1 is 1.32 bits per heavy atom. The maximum absolute atomic E-state index is 12.1. The monoisotopic (exact) mass is 364 g/mol. The number of hydrogen-bond donors (Lipinski definition) is 2. The number of benzene rings is 1. The smallest absolute Gasteiger partial charge is 0.321 e. The van der Waals surface area contributed by atoms with E-state index in [9.17, 15) is 9.59 Å². The zero-order valence-corrected chi connectivity index (χ0v) is 15.0. The summed E-state index contributed by atoms with van der Waals surface area (Å²) >= 11 is 1.15. The first-order valence-electron chi connectivity index (χ1n) is 7.82. The Labute approximate surface area is 149 Å². The van der Waals surface area contributed by atoms with Crippen molar-refractivity contribution in [2.45, 2.75) is 31.2 Å². The molecule has 0 aliphatic carbocycles. The lowest BCUT2D eigenvalue weighted by molar-refractivity contribution is -0.119. The number of aromatic nitrogens is 4. The first-order valence-corrected chi connectivity index (χ1v) is 8.70. The van der Waals surface area contributed by atoms with Crippen molar-refractivity contribution in [1.82, 2.24) is 30.8 Å². The summed E-state index contributed by atoms with van der Waals surface area (Å²) in [6, 6.07) is 6.82. The second kappa shape index (κ2) is 9.02. The molecule has 0 bridgehead atoms. The maximum Gasteiger partial charge on any atom is 0.321 e. The SMILES string of the molecule is CCNC(=O)NC(=O)C(C)Sc1nnnn1-c1ccccc1OCC. The largest absolute Gasteiger partial charge is 0.492 e. The summed E-state index contributed by atoms with van der Waals surface area (Å²) in [5.74, 6) is 0.210. The topological polar surface area (TPSA) is 111 Å². The number of imide groups is 1. The van der Waals surface area contributed by atoms with Crippen molar-refractivity contribution >= 4 is 23.7 Å². The second-order valence-corrected chi connectivity index (χ2v) is 6.19. The van der Waals surface area contributed by atoms with Gasteiger partial charge in [-0.1, -0.05) is 23.9 Å². The molecule has 0 saturated heterocycles. The molecule has 2 N–H and O–H groups in total. The van der Waals surface area contributed by atoms with Gasteiger partial charge in [-0.25, -0.2) is 4.79 Å². The third-order valence-corrected chi connectivity index (χ3v) is 4.09. The van der Waals surface area contributed by atoms with Gasteiger partial charge in [0.05, 0.1) is 11.9 Å². The van der Waals surface area contributed by atoms with Crippen molar-refractivity contribution in [2.75, 3.05) is 13.2 Å². The number of rotatable bonds is 7. The highest BCUT2D eigenvalue weighted by Crippen LogP contribution is 2.27. The molecule has 2 rings (SSSR count). The summed E-state index contributed by atoms with van der Waals surface area (Å²) in [6.07, 6.45) is 0. The van der Waals surface area contributed by atoms with Gasteiger partial charge in [-0.05, 0) is 43.3 Å². The molecule has 0 saturated carbocycles. The molecule has 1 unspecified atom stereocenters. The Hall–Kier alpha value is -2.62. The van der Waals surface area contributed by atoms with Gasteiger partial charge >= 0.3 is 6.03 Å². The van der Waals surface area contributed by atoms with E-state index in [-0.39, 0.29) is 0 Å². The summed E-state index contributed by atoms with van der Waals surface area (Å²) in [5.41, 5.74) is 0.674. The van der Waals surface area contributed by atoms with Crippen LogP contribution in [0.5, 0.6) is 5.75 Å². The number of thioether (sulfide) groups is 1. The number of carbonyl (C=O) groups excluding carboxylic acids is 2. The van der Waals surface area contributed by atoms with Crippen LogP contribution in [-0.4, -0.2) is 50.5 Å². The minimum Gasteiger partial charge on any atom is -0.492 e. The zero-order valence-electron chi connectivity index (χ0n) is 14.2. The molecule has 3 amide bonds. The predicted molar refractivity (Wildman–Crippen MR) is 92.9 cm³/mol. The van der Waals surface area contributed by atoms with Crippen molar-refractivity contribution in [3.63, 3.8) is 0 Å². The van der Waals surface area contributed by atoms with Crippen LogP contribution in [0.15, 0.2) is 29.4 Å². The minimum absolute atomic E-state index is 0.422. The Balaban J connectivity index is 2.14. The van der Waals surface area contributed by atoms with E-state index in [4.69, 9.17) is 4.74 Å². The van der Waals surface area contributed by atoms with E-state index in [0.29, 0.717) is 29.7 Å². The first kappa shape index (κ1) is 18.7. The number of hydrogen-bond acceptors (Lipinski definition) is 7. The number of nitrogens with zero attached hydrogens (tertiary/aromatic N) is 4. The van der Waals surface area contributed by atoms with Crippen molar-refractivity contribution in [3.8, 4) is 11.4 Å². The molecule has 0 aliphatic heterocycles. The molecule has 1 aromatic heterocycles. The lowest BCUT2D eigenvalue weighted by Gasteiger charge is -2.13. The van der Waals surface area contributed by atoms with Crippen molar-refractivity contribution < 1.29 is 14.3 Å². The van der Waals surface area contributed by atoms with E-state index < -0.39 is 17.2 Å². The average Bonchev–Trinajstić information content (AvgIpc) is 3.03. The van der Waals surface area contributed by atoms with Crippen molar-refractivity contribution in [3.05, 3.63) is 24.3 Å². The number of tetrazole rings is 1. The molecule has 2 aromatic rings. The van der Waals surface area contributed by atoms with E-state index in [2.05, 4.69) is 26.2 Å². The highest BCUT2D eigenvalue weighted by Gasteiger charge is 2.21. The van der Waals surface area contributed by atoms with E-state index in [1.165, 1.54) is 4.68 Å². The fraction of sp³-hybridized carbons (Fsp3) is 0.400. The molecule has 0 fully saturated rings. The fourth-order valence-corrected chi connectivity index (χ4v) is 2.74. The minimum atomic E-state index is -0.563. The van der Waals surface area contributed by atoms with Gasteiger partial charge in [0.2, 0.25) is 11.1 Å². The molecule has 1 heterocycles. The van der Waals surface area contributed by atoms with Crippen LogP contribution < -0.4 is 15.4 Å². The highest BCUT2D eigenvalue weighted by atomic mass is 32.2. The molecule has 25 heavy (non-hydrogen) atoms. The molecule has 10 heteroatoms. The molecule has 0 spiro atoms. The van der Waals surface area contributed by atoms with Gasteiger partial charge in [0.1, 0.15) is 11.4 Å². The standard InChI is InChI=1S/C15H20N6O3S/c1-4-16-14(23)17-13(22)10(3)25-15-18-19-20-21(15)11-8-6-7-9-12(11)24-5-2/h6-10H,4-5H2,1-3H3,(H2,16,17,22,23). The summed E-state index contributed by atoms with van der Waals surface area (Å²) in [4.78, 5) is 23.5. The maximum atomic E-state index is 12.1. The van der Waals surface area contributed by atoms with E-state index >= 15 is 0 Å². The summed E-state index contributed by atoms with van der Waals surface area (Å²) in [7, 11) is 0. The van der Waals surface area contributed by atoms with Crippen LogP contribution in [0.3, 0.4) is 0 Å². The summed E-state index contributed by atoms with van der Waals surface area (Å²) < 4.78 is 7.10. The van der Waals surface area contributed by atoms with Gasteiger partial charge in [0.25, 0.3) is 0 Å². The molecule has 134 valence electrons. The normalized spacial score (nSPS) is 11.6. The Bertz CT molecular complexity index is 736. The van der Waals surface area contributed by atoms with Crippen molar-refractivity contribution in [2.24, 2.45) is 0 Å². The van der Waals surface area contributed by atoms with Crippen LogP contribution in [0, 0.1) is 0 Å². The molecule has 0 aliphatic rings. The lowest BCUT2D eigenvalue weighted by atomic mass is 10.3. The molecular formula is C15H20N6O3S. The summed E-state index contributed by atoms with van der Waals surface area (Å²) in [6.45, 7) is 6.28. The van der Waals surface area contributed by atoms with Crippen LogP contribution in [-0.2, 0) is 4.79 Å². The molecule has 1 aromatic carbocycles. The van der Waals surface area contributed by atoms with Gasteiger partial charge in [-0.3, -0.25) is 10.1 Å².